The standard InChI is InChI=1S/C10H13.C4H6O7S.K/c1-2-3-7-10-8-5-4-6-9-10;5-3(6)1-2(4(7)8)12(9,10)11;/h4-6,8H,2-3,7H2,1H3;2H,1H2,(H,5,6)(H,7,8)(H,9,10,11);. The van der Waals surface area contributed by atoms with E-state index in [4.69, 9.17) is 14.8 Å². The van der Waals surface area contributed by atoms with Crippen molar-refractivity contribution in [2.75, 3.05) is 0 Å². The summed E-state index contributed by atoms with van der Waals surface area (Å²) in [5.74, 6) is -3.50. The largest absolute Gasteiger partial charge is 0.481 e. The average Bonchev–Trinajstić information content (AvgIpc) is 2.43. The number of aryl methyl sites for hydroxylation is 1. The number of hydrogen-bond donors (Lipinski definition) is 3. The first kappa shape index (κ1) is 22.7. The molecule has 0 aromatic heterocycles. The second-order valence-corrected chi connectivity index (χ2v) is 8.25. The first-order chi connectivity index (χ1) is 10.6. The van der Waals surface area contributed by atoms with Crippen molar-refractivity contribution in [3.8, 4) is 0 Å². The number of rotatable bonds is 7. The van der Waals surface area contributed by atoms with Crippen molar-refractivity contribution in [3.63, 3.8) is 0 Å². The van der Waals surface area contributed by atoms with Crippen molar-refractivity contribution in [2.45, 2.75) is 37.9 Å². The van der Waals surface area contributed by atoms with Gasteiger partial charge in [-0.05, 0) is 0 Å². The van der Waals surface area contributed by atoms with Crippen LogP contribution in [0.15, 0.2) is 24.3 Å². The van der Waals surface area contributed by atoms with Gasteiger partial charge in [0.1, 0.15) is 0 Å². The van der Waals surface area contributed by atoms with Gasteiger partial charge in [0.2, 0.25) is 0 Å². The van der Waals surface area contributed by atoms with Gasteiger partial charge < -0.3 is 10.2 Å². The predicted octanol–water partition coefficient (Wildman–Crippen LogP) is 0.625. The fraction of sp³-hybridized carbons (Fsp3) is 0.429. The van der Waals surface area contributed by atoms with Gasteiger partial charge >= 0.3 is 117 Å². The maximum Gasteiger partial charge on any atom is 0.325 e. The Morgan fingerprint density at radius 1 is 1.22 bits per heavy atom. The van der Waals surface area contributed by atoms with Gasteiger partial charge in [-0.25, -0.2) is 0 Å². The minimum absolute atomic E-state index is 0.845. The Balaban J connectivity index is 0.000000422. The molecule has 3 N–H and O–H groups in total. The molecule has 9 heteroatoms. The van der Waals surface area contributed by atoms with Crippen molar-refractivity contribution >= 4 is 70.7 Å². The molecule has 0 aliphatic heterocycles. The molecule has 23 heavy (non-hydrogen) atoms. The monoisotopic (exact) mass is 370 g/mol. The molecule has 0 amide bonds. The summed E-state index contributed by atoms with van der Waals surface area (Å²) in [6.45, 7) is 2.25. The van der Waals surface area contributed by atoms with Crippen molar-refractivity contribution in [2.24, 2.45) is 0 Å². The smallest absolute Gasteiger partial charge is 0.325 e. The third-order valence-corrected chi connectivity index (χ3v) is 5.67. The van der Waals surface area contributed by atoms with Crippen LogP contribution in [0.4, 0.5) is 0 Å². The normalized spacial score (nSPS) is 12.0. The number of aliphatic carboxylic acids is 2. The van der Waals surface area contributed by atoms with Crippen molar-refractivity contribution in [1.82, 2.24) is 0 Å². The first-order valence-corrected chi connectivity index (χ1v) is 10.1. The van der Waals surface area contributed by atoms with Crippen LogP contribution in [-0.4, -0.2) is 89.3 Å². The second kappa shape index (κ2) is 11.3. The summed E-state index contributed by atoms with van der Waals surface area (Å²) in [6, 6.07) is 8.84. The van der Waals surface area contributed by atoms with Gasteiger partial charge in [0.15, 0.2) is 5.25 Å². The van der Waals surface area contributed by atoms with Gasteiger partial charge in [0, 0.05) is 0 Å². The molecule has 0 saturated heterocycles. The molecule has 0 aliphatic carbocycles. The van der Waals surface area contributed by atoms with Gasteiger partial charge in [0.25, 0.3) is 10.1 Å². The summed E-state index contributed by atoms with van der Waals surface area (Å²) < 4.78 is 30.3. The van der Waals surface area contributed by atoms with Crippen LogP contribution in [0.3, 0.4) is 0 Å². The molecule has 0 radical (unpaired) electrons. The van der Waals surface area contributed by atoms with Crippen LogP contribution in [0.5, 0.6) is 0 Å². The zero-order valence-electron chi connectivity index (χ0n) is 13.1. The van der Waals surface area contributed by atoms with E-state index in [0.29, 0.717) is 0 Å². The summed E-state index contributed by atoms with van der Waals surface area (Å²) >= 11 is 0.845. The van der Waals surface area contributed by atoms with Crippen molar-refractivity contribution in [3.05, 3.63) is 29.8 Å². The van der Waals surface area contributed by atoms with Gasteiger partial charge in [-0.2, -0.15) is 8.42 Å². The quantitative estimate of drug-likeness (QED) is 0.474. The fourth-order valence-corrected chi connectivity index (χ4v) is 3.30. The van der Waals surface area contributed by atoms with E-state index in [2.05, 4.69) is 31.2 Å². The Bertz CT molecular complexity index is 628. The summed E-state index contributed by atoms with van der Waals surface area (Å²) in [7, 11) is -4.84. The number of hydrogen-bond acceptors (Lipinski definition) is 4. The Morgan fingerprint density at radius 3 is 2.13 bits per heavy atom. The number of carbonyl (C=O) groups is 2. The van der Waals surface area contributed by atoms with Gasteiger partial charge in [0.05, 0.1) is 6.42 Å². The molecule has 1 aromatic carbocycles. The maximum absolute atomic E-state index is 10.2. The number of unbranched alkanes of at least 4 members (excludes halogenated alkanes) is 1. The Kier molecular flexibility index (Phi) is 11.1. The fourth-order valence-electron chi connectivity index (χ4n) is 1.74. The van der Waals surface area contributed by atoms with Gasteiger partial charge in [-0.3, -0.25) is 14.1 Å². The van der Waals surface area contributed by atoms with E-state index < -0.39 is 33.7 Å². The topological polar surface area (TPSA) is 129 Å². The average molecular weight is 370 g/mol. The van der Waals surface area contributed by atoms with Crippen molar-refractivity contribution in [1.29, 1.82) is 0 Å². The molecule has 0 saturated carbocycles. The van der Waals surface area contributed by atoms with E-state index in [1.165, 1.54) is 19.3 Å². The molecular weight excluding hydrogens is 351 g/mol. The summed E-state index contributed by atoms with van der Waals surface area (Å²) in [5, 5.41) is 13.9. The molecule has 1 rings (SSSR count). The summed E-state index contributed by atoms with van der Waals surface area (Å²) in [6.07, 6.45) is 2.77. The van der Waals surface area contributed by atoms with Crippen LogP contribution in [0.25, 0.3) is 0 Å². The Labute approximate surface area is 169 Å². The Morgan fingerprint density at radius 2 is 1.78 bits per heavy atom. The van der Waals surface area contributed by atoms with Crippen LogP contribution in [0.2, 0.25) is 0 Å². The van der Waals surface area contributed by atoms with Crippen LogP contribution in [0.1, 0.15) is 31.7 Å². The van der Waals surface area contributed by atoms with E-state index in [9.17, 15) is 18.0 Å². The van der Waals surface area contributed by atoms with Crippen molar-refractivity contribution < 1.29 is 32.8 Å². The molecule has 0 fully saturated rings. The minimum atomic E-state index is -4.84. The zero-order valence-corrected chi connectivity index (χ0v) is 17.0. The van der Waals surface area contributed by atoms with Gasteiger partial charge in [-0.1, -0.05) is 0 Å². The van der Waals surface area contributed by atoms with E-state index in [-0.39, 0.29) is 0 Å². The molecule has 124 valence electrons. The Hall–Kier alpha value is -0.294. The van der Waals surface area contributed by atoms with Gasteiger partial charge in [-0.15, -0.1) is 0 Å². The first-order valence-electron chi connectivity index (χ1n) is 7.05. The molecule has 1 unspecified atom stereocenters. The molecule has 7 nitrogen and oxygen atoms in total. The SMILES string of the molecule is CCCCc1cccc[c]1[K].O=C(O)CC(C(=O)O)S(=O)(=O)O. The third-order valence-electron chi connectivity index (χ3n) is 3.06. The molecule has 0 bridgehead atoms. The molecule has 0 aliphatic rings. The molecule has 1 atom stereocenters. The predicted molar refractivity (Wildman–Crippen MR) is 85.7 cm³/mol. The second-order valence-electron chi connectivity index (χ2n) is 4.97. The summed E-state index contributed by atoms with van der Waals surface area (Å²) in [4.78, 5) is 20.0. The number of carboxylic acid groups (broad SMARTS) is 2. The van der Waals surface area contributed by atoms with Crippen LogP contribution in [-0.2, 0) is 26.1 Å². The third kappa shape index (κ3) is 10.2. The van der Waals surface area contributed by atoms with Crippen LogP contribution in [0, 0.1) is 0 Å². The minimum Gasteiger partial charge on any atom is -0.481 e. The van der Waals surface area contributed by atoms with E-state index >= 15 is 0 Å². The summed E-state index contributed by atoms with van der Waals surface area (Å²) in [5.41, 5.74) is 1.59. The molecular formula is C14H19KO7S. The van der Waals surface area contributed by atoms with E-state index in [1.54, 1.807) is 5.22 Å². The molecule has 0 spiro atoms. The zero-order chi connectivity index (χ0) is 18.0. The molecule has 0 heterocycles. The van der Waals surface area contributed by atoms with E-state index in [1.807, 2.05) is 0 Å². The van der Waals surface area contributed by atoms with E-state index in [0.717, 1.165) is 49.0 Å². The van der Waals surface area contributed by atoms with Crippen LogP contribution >= 0.6 is 0 Å². The van der Waals surface area contributed by atoms with Crippen LogP contribution < -0.4 is -0.342 Å². The number of benzene rings is 1. The number of carboxylic acids is 2. The maximum atomic E-state index is 10.2. The molecule has 1 aromatic rings.